The first-order valence-corrected chi connectivity index (χ1v) is 7.79. The minimum Gasteiger partial charge on any atom is -0.378 e. The Hall–Kier alpha value is -0.450. The van der Waals surface area contributed by atoms with Crippen molar-refractivity contribution >= 4 is 11.3 Å². The number of aryl methyl sites for hydroxylation is 1. The van der Waals surface area contributed by atoms with Gasteiger partial charge < -0.3 is 10.1 Å². The molecular weight excluding hydrogens is 244 g/mol. The number of hydrogen-bond donors (Lipinski definition) is 1. The third kappa shape index (κ3) is 3.77. The molecule has 1 aliphatic rings. The van der Waals surface area contributed by atoms with Crippen LogP contribution in [0.4, 0.5) is 0 Å². The molecule has 0 amide bonds. The van der Waals surface area contributed by atoms with Gasteiger partial charge in [0.05, 0.1) is 16.8 Å². The lowest BCUT2D eigenvalue weighted by molar-refractivity contribution is -0.0288. The van der Waals surface area contributed by atoms with Gasteiger partial charge in [0.25, 0.3) is 0 Å². The van der Waals surface area contributed by atoms with Gasteiger partial charge in [-0.1, -0.05) is 0 Å². The summed E-state index contributed by atoms with van der Waals surface area (Å²) in [6.07, 6.45) is 5.30. The second-order valence-electron chi connectivity index (χ2n) is 5.20. The van der Waals surface area contributed by atoms with Gasteiger partial charge in [-0.15, -0.1) is 11.3 Å². The van der Waals surface area contributed by atoms with E-state index in [1.165, 1.54) is 30.0 Å². The highest BCUT2D eigenvalue weighted by Gasteiger charge is 2.31. The Morgan fingerprint density at radius 2 is 2.33 bits per heavy atom. The maximum atomic E-state index is 5.61. The van der Waals surface area contributed by atoms with Crippen LogP contribution in [0.2, 0.25) is 0 Å². The number of aromatic nitrogens is 1. The number of nitrogens with one attached hydrogen (secondary N) is 1. The van der Waals surface area contributed by atoms with E-state index in [1.807, 2.05) is 0 Å². The Morgan fingerprint density at radius 3 is 2.89 bits per heavy atom. The van der Waals surface area contributed by atoms with Crippen molar-refractivity contribution in [3.8, 4) is 0 Å². The highest BCUT2D eigenvalue weighted by Crippen LogP contribution is 2.34. The van der Waals surface area contributed by atoms with Gasteiger partial charge in [-0.05, 0) is 46.1 Å². The molecule has 1 aromatic heterocycles. The molecule has 1 saturated carbocycles. The molecule has 1 atom stereocenters. The van der Waals surface area contributed by atoms with Crippen LogP contribution in [0.5, 0.6) is 0 Å². The number of hydrogen-bond acceptors (Lipinski definition) is 4. The van der Waals surface area contributed by atoms with Gasteiger partial charge in [0, 0.05) is 24.4 Å². The van der Waals surface area contributed by atoms with Crippen LogP contribution in [-0.4, -0.2) is 30.8 Å². The Bertz CT molecular complexity index is 360. The molecule has 0 saturated heterocycles. The lowest BCUT2D eigenvalue weighted by Gasteiger charge is -2.36. The van der Waals surface area contributed by atoms with E-state index >= 15 is 0 Å². The van der Waals surface area contributed by atoms with Crippen LogP contribution in [0.15, 0.2) is 5.38 Å². The number of nitrogens with zero attached hydrogens (tertiary/aromatic N) is 1. The SMILES string of the molecule is CCOC1CC(CC(Cc2csc(C)n2)NC)C1. The Morgan fingerprint density at radius 1 is 1.56 bits per heavy atom. The minimum atomic E-state index is 0.527. The standard InChI is InChI=1S/C14H24N2OS/c1-4-17-14-6-11(7-14)5-12(15-3)8-13-9-18-10(2)16-13/h9,11-12,14-15H,4-8H2,1-3H3. The maximum absolute atomic E-state index is 5.61. The fraction of sp³-hybridized carbons (Fsp3) is 0.786. The zero-order valence-electron chi connectivity index (χ0n) is 11.6. The van der Waals surface area contributed by atoms with Crippen molar-refractivity contribution in [2.24, 2.45) is 5.92 Å². The van der Waals surface area contributed by atoms with E-state index in [0.717, 1.165) is 18.9 Å². The number of likely N-dealkylation sites (N-methyl/N-ethyl adjacent to an activating group) is 1. The molecule has 102 valence electrons. The van der Waals surface area contributed by atoms with Crippen LogP contribution in [-0.2, 0) is 11.2 Å². The smallest absolute Gasteiger partial charge is 0.0897 e. The molecule has 3 nitrogen and oxygen atoms in total. The molecule has 4 heteroatoms. The van der Waals surface area contributed by atoms with Gasteiger partial charge in [-0.25, -0.2) is 4.98 Å². The molecule has 1 heterocycles. The van der Waals surface area contributed by atoms with Gasteiger partial charge in [0.1, 0.15) is 0 Å². The summed E-state index contributed by atoms with van der Waals surface area (Å²) in [5.41, 5.74) is 1.23. The molecular formula is C14H24N2OS. The van der Waals surface area contributed by atoms with Crippen LogP contribution in [0, 0.1) is 12.8 Å². The van der Waals surface area contributed by atoms with Gasteiger partial charge in [0.2, 0.25) is 0 Å². The molecule has 1 aromatic rings. The zero-order chi connectivity index (χ0) is 13.0. The van der Waals surface area contributed by atoms with E-state index in [1.54, 1.807) is 11.3 Å². The summed E-state index contributed by atoms with van der Waals surface area (Å²) in [5.74, 6) is 0.832. The number of thiazole rings is 1. The van der Waals surface area contributed by atoms with Gasteiger partial charge >= 0.3 is 0 Å². The van der Waals surface area contributed by atoms with Crippen LogP contribution in [0.3, 0.4) is 0 Å². The molecule has 18 heavy (non-hydrogen) atoms. The first-order valence-electron chi connectivity index (χ1n) is 6.91. The van der Waals surface area contributed by atoms with Gasteiger partial charge in [0.15, 0.2) is 0 Å². The van der Waals surface area contributed by atoms with E-state index in [-0.39, 0.29) is 0 Å². The van der Waals surface area contributed by atoms with Crippen LogP contribution in [0.1, 0.15) is 36.9 Å². The quantitative estimate of drug-likeness (QED) is 0.825. The van der Waals surface area contributed by atoms with E-state index in [0.29, 0.717) is 12.1 Å². The van der Waals surface area contributed by atoms with E-state index in [9.17, 15) is 0 Å². The molecule has 0 spiro atoms. The van der Waals surface area contributed by atoms with Gasteiger partial charge in [-0.2, -0.15) is 0 Å². The average molecular weight is 268 g/mol. The van der Waals surface area contributed by atoms with E-state index in [2.05, 4.69) is 36.6 Å². The summed E-state index contributed by atoms with van der Waals surface area (Å²) in [7, 11) is 2.06. The fourth-order valence-electron chi connectivity index (χ4n) is 2.70. The molecule has 1 N–H and O–H groups in total. The Kier molecular flexibility index (Phi) is 5.15. The van der Waals surface area contributed by atoms with Crippen molar-refractivity contribution in [3.63, 3.8) is 0 Å². The highest BCUT2D eigenvalue weighted by atomic mass is 32.1. The first-order chi connectivity index (χ1) is 8.71. The monoisotopic (exact) mass is 268 g/mol. The molecule has 0 radical (unpaired) electrons. The second kappa shape index (κ2) is 6.64. The second-order valence-corrected chi connectivity index (χ2v) is 6.26. The first kappa shape index (κ1) is 14.0. The normalized spacial score (nSPS) is 24.8. The van der Waals surface area contributed by atoms with E-state index < -0.39 is 0 Å². The maximum Gasteiger partial charge on any atom is 0.0897 e. The summed E-state index contributed by atoms with van der Waals surface area (Å²) in [6.45, 7) is 5.00. The lowest BCUT2D eigenvalue weighted by Crippen LogP contribution is -2.38. The fourth-order valence-corrected chi connectivity index (χ4v) is 3.32. The van der Waals surface area contributed by atoms with Crippen LogP contribution < -0.4 is 5.32 Å². The van der Waals surface area contributed by atoms with Crippen molar-refractivity contribution in [2.45, 2.75) is 51.7 Å². The molecule has 1 fully saturated rings. The third-order valence-corrected chi connectivity index (χ3v) is 4.57. The summed E-state index contributed by atoms with van der Waals surface area (Å²) < 4.78 is 5.61. The van der Waals surface area contributed by atoms with Crippen LogP contribution in [0.25, 0.3) is 0 Å². The molecule has 0 bridgehead atoms. The summed E-state index contributed by atoms with van der Waals surface area (Å²) in [6, 6.07) is 0.555. The van der Waals surface area contributed by atoms with Crippen LogP contribution >= 0.6 is 11.3 Å². The third-order valence-electron chi connectivity index (χ3n) is 3.74. The zero-order valence-corrected chi connectivity index (χ0v) is 12.4. The minimum absolute atomic E-state index is 0.527. The predicted molar refractivity (Wildman–Crippen MR) is 76.2 cm³/mol. The van der Waals surface area contributed by atoms with E-state index in [4.69, 9.17) is 4.74 Å². The van der Waals surface area contributed by atoms with Crippen molar-refractivity contribution in [1.29, 1.82) is 0 Å². The summed E-state index contributed by atoms with van der Waals surface area (Å²) in [5, 5.41) is 6.78. The summed E-state index contributed by atoms with van der Waals surface area (Å²) >= 11 is 1.74. The lowest BCUT2D eigenvalue weighted by atomic mass is 9.77. The van der Waals surface area contributed by atoms with Crippen molar-refractivity contribution in [3.05, 3.63) is 16.1 Å². The largest absolute Gasteiger partial charge is 0.378 e. The predicted octanol–water partition coefficient (Wildman–Crippen LogP) is 2.79. The molecule has 1 unspecified atom stereocenters. The molecule has 0 aliphatic heterocycles. The Balaban J connectivity index is 1.73. The van der Waals surface area contributed by atoms with Gasteiger partial charge in [-0.3, -0.25) is 0 Å². The van der Waals surface area contributed by atoms with Crippen molar-refractivity contribution in [1.82, 2.24) is 10.3 Å². The summed E-state index contributed by atoms with van der Waals surface area (Å²) in [4.78, 5) is 4.55. The van der Waals surface area contributed by atoms with Crippen molar-refractivity contribution in [2.75, 3.05) is 13.7 Å². The topological polar surface area (TPSA) is 34.1 Å². The Labute approximate surface area is 114 Å². The molecule has 1 aliphatic carbocycles. The average Bonchev–Trinajstić information content (AvgIpc) is 2.70. The van der Waals surface area contributed by atoms with Crippen molar-refractivity contribution < 1.29 is 4.74 Å². The highest BCUT2D eigenvalue weighted by molar-refractivity contribution is 7.09. The number of rotatable bonds is 7. The molecule has 2 rings (SSSR count). The molecule has 0 aromatic carbocycles. The number of ether oxygens (including phenoxy) is 1.